The molecule has 2 N–H and O–H groups in total. The molecule has 17 heavy (non-hydrogen) atoms. The van der Waals surface area contributed by atoms with E-state index in [-0.39, 0.29) is 10.6 Å². The zero-order valence-electron chi connectivity index (χ0n) is 9.70. The van der Waals surface area contributed by atoms with Crippen LogP contribution >= 0.6 is 23.4 Å². The normalized spacial score (nSPS) is 10.2. The second kappa shape index (κ2) is 7.45. The van der Waals surface area contributed by atoms with Gasteiger partial charge in [-0.1, -0.05) is 11.6 Å². The Balaban J connectivity index is 2.45. The zero-order valence-corrected chi connectivity index (χ0v) is 11.3. The molecule has 0 spiro atoms. The van der Waals surface area contributed by atoms with Gasteiger partial charge in [0.1, 0.15) is 0 Å². The lowest BCUT2D eigenvalue weighted by Gasteiger charge is -2.07. The van der Waals surface area contributed by atoms with Gasteiger partial charge in [0.15, 0.2) is 0 Å². The highest BCUT2D eigenvalue weighted by Crippen LogP contribution is 2.21. The van der Waals surface area contributed by atoms with E-state index in [9.17, 15) is 4.79 Å². The summed E-state index contributed by atoms with van der Waals surface area (Å²) in [7, 11) is 0. The van der Waals surface area contributed by atoms with Crippen LogP contribution in [0, 0.1) is 0 Å². The van der Waals surface area contributed by atoms with Crippen LogP contribution in [0.3, 0.4) is 0 Å². The van der Waals surface area contributed by atoms with E-state index in [1.54, 1.807) is 12.1 Å². The van der Waals surface area contributed by atoms with Crippen molar-refractivity contribution in [2.75, 3.05) is 23.9 Å². The molecule has 0 heterocycles. The van der Waals surface area contributed by atoms with E-state index >= 15 is 0 Å². The maximum atomic E-state index is 10.8. The number of carboxylic acids is 1. The lowest BCUT2D eigenvalue weighted by molar-refractivity contribution is 0.0697. The van der Waals surface area contributed by atoms with Gasteiger partial charge in [-0.05, 0) is 43.0 Å². The number of halogens is 1. The van der Waals surface area contributed by atoms with E-state index in [1.165, 1.54) is 18.2 Å². The van der Waals surface area contributed by atoms with Gasteiger partial charge in [-0.15, -0.1) is 0 Å². The fourth-order valence-corrected chi connectivity index (χ4v) is 2.16. The standard InChI is InChI=1S/C12H16ClNO2S/c1-17-7-3-2-6-14-9-4-5-10(12(15)16)11(13)8-9/h4-5,8,14H,2-3,6-7H2,1H3,(H,15,16). The Morgan fingerprint density at radius 1 is 1.47 bits per heavy atom. The van der Waals surface area contributed by atoms with Gasteiger partial charge in [-0.3, -0.25) is 0 Å². The number of carboxylic acid groups (broad SMARTS) is 1. The molecule has 3 nitrogen and oxygen atoms in total. The van der Waals surface area contributed by atoms with Crippen LogP contribution in [0.15, 0.2) is 18.2 Å². The van der Waals surface area contributed by atoms with Crippen molar-refractivity contribution < 1.29 is 9.90 Å². The zero-order chi connectivity index (χ0) is 12.7. The van der Waals surface area contributed by atoms with E-state index in [2.05, 4.69) is 11.6 Å². The van der Waals surface area contributed by atoms with Crippen molar-refractivity contribution in [3.8, 4) is 0 Å². The van der Waals surface area contributed by atoms with Crippen molar-refractivity contribution in [1.29, 1.82) is 0 Å². The number of thioether (sulfide) groups is 1. The predicted molar refractivity (Wildman–Crippen MR) is 74.5 cm³/mol. The first kappa shape index (κ1) is 14.2. The first-order chi connectivity index (χ1) is 8.15. The third kappa shape index (κ3) is 4.88. The number of aromatic carboxylic acids is 1. The van der Waals surface area contributed by atoms with Crippen molar-refractivity contribution in [3.05, 3.63) is 28.8 Å². The minimum Gasteiger partial charge on any atom is -0.478 e. The second-order valence-electron chi connectivity index (χ2n) is 3.63. The Bertz CT molecular complexity index is 385. The van der Waals surface area contributed by atoms with Gasteiger partial charge in [0.2, 0.25) is 0 Å². The molecule has 0 saturated heterocycles. The molecule has 94 valence electrons. The van der Waals surface area contributed by atoms with Crippen LogP contribution in [0.4, 0.5) is 5.69 Å². The molecule has 0 saturated carbocycles. The largest absolute Gasteiger partial charge is 0.478 e. The van der Waals surface area contributed by atoms with Crippen molar-refractivity contribution in [2.45, 2.75) is 12.8 Å². The SMILES string of the molecule is CSCCCCNc1ccc(C(=O)O)c(Cl)c1. The smallest absolute Gasteiger partial charge is 0.337 e. The Kier molecular flexibility index (Phi) is 6.22. The molecular weight excluding hydrogens is 258 g/mol. The van der Waals surface area contributed by atoms with Crippen LogP contribution < -0.4 is 5.32 Å². The Morgan fingerprint density at radius 2 is 2.24 bits per heavy atom. The molecule has 0 amide bonds. The number of rotatable bonds is 7. The Labute approximate surface area is 111 Å². The molecule has 0 atom stereocenters. The molecule has 0 aliphatic rings. The summed E-state index contributed by atoms with van der Waals surface area (Å²) < 4.78 is 0. The molecule has 5 heteroatoms. The molecule has 0 aliphatic carbocycles. The van der Waals surface area contributed by atoms with Crippen molar-refractivity contribution in [1.82, 2.24) is 0 Å². The lowest BCUT2D eigenvalue weighted by Crippen LogP contribution is -2.03. The Hall–Kier alpha value is -0.870. The number of hydrogen-bond acceptors (Lipinski definition) is 3. The average molecular weight is 274 g/mol. The number of unbranched alkanes of at least 4 members (excludes halogenated alkanes) is 1. The summed E-state index contributed by atoms with van der Waals surface area (Å²) in [5.41, 5.74) is 1.00. The minimum atomic E-state index is -0.999. The van der Waals surface area contributed by atoms with Crippen molar-refractivity contribution >= 4 is 35.0 Å². The van der Waals surface area contributed by atoms with Crippen LogP contribution in [0.25, 0.3) is 0 Å². The molecular formula is C12H16ClNO2S. The lowest BCUT2D eigenvalue weighted by atomic mass is 10.2. The van der Waals surface area contributed by atoms with Gasteiger partial charge in [0.05, 0.1) is 10.6 Å². The molecule has 0 aromatic heterocycles. The predicted octanol–water partition coefficient (Wildman–Crippen LogP) is 3.59. The molecule has 0 aliphatic heterocycles. The average Bonchev–Trinajstić information content (AvgIpc) is 2.28. The van der Waals surface area contributed by atoms with Crippen LogP contribution in [0.1, 0.15) is 23.2 Å². The van der Waals surface area contributed by atoms with E-state index in [1.807, 2.05) is 11.8 Å². The summed E-state index contributed by atoms with van der Waals surface area (Å²) in [6.07, 6.45) is 4.37. The molecule has 0 radical (unpaired) electrons. The van der Waals surface area contributed by atoms with Crippen LogP contribution in [0.5, 0.6) is 0 Å². The summed E-state index contributed by atoms with van der Waals surface area (Å²) in [6.45, 7) is 0.878. The molecule has 1 rings (SSSR count). The van der Waals surface area contributed by atoms with E-state index < -0.39 is 5.97 Å². The first-order valence-electron chi connectivity index (χ1n) is 5.41. The molecule has 0 fully saturated rings. The molecule has 1 aromatic rings. The topological polar surface area (TPSA) is 49.3 Å². The highest BCUT2D eigenvalue weighted by atomic mass is 35.5. The van der Waals surface area contributed by atoms with Gasteiger partial charge in [0.25, 0.3) is 0 Å². The number of nitrogens with one attached hydrogen (secondary N) is 1. The van der Waals surface area contributed by atoms with Gasteiger partial charge >= 0.3 is 5.97 Å². The van der Waals surface area contributed by atoms with Crippen molar-refractivity contribution in [3.63, 3.8) is 0 Å². The summed E-state index contributed by atoms with van der Waals surface area (Å²) in [4.78, 5) is 10.8. The molecule has 0 unspecified atom stereocenters. The van der Waals surface area contributed by atoms with Crippen LogP contribution in [0.2, 0.25) is 5.02 Å². The van der Waals surface area contributed by atoms with Crippen LogP contribution in [-0.4, -0.2) is 29.6 Å². The maximum absolute atomic E-state index is 10.8. The van der Waals surface area contributed by atoms with E-state index in [4.69, 9.17) is 16.7 Å². The van der Waals surface area contributed by atoms with E-state index in [0.29, 0.717) is 0 Å². The van der Waals surface area contributed by atoms with Gasteiger partial charge in [0, 0.05) is 12.2 Å². The minimum absolute atomic E-state index is 0.139. The van der Waals surface area contributed by atoms with Crippen LogP contribution in [-0.2, 0) is 0 Å². The van der Waals surface area contributed by atoms with Crippen molar-refractivity contribution in [2.24, 2.45) is 0 Å². The number of carbonyl (C=O) groups is 1. The third-order valence-electron chi connectivity index (χ3n) is 2.30. The highest BCUT2D eigenvalue weighted by Gasteiger charge is 2.08. The summed E-state index contributed by atoms with van der Waals surface area (Å²) in [6, 6.07) is 4.92. The van der Waals surface area contributed by atoms with Gasteiger partial charge in [-0.25, -0.2) is 4.79 Å². The highest BCUT2D eigenvalue weighted by molar-refractivity contribution is 7.98. The van der Waals surface area contributed by atoms with E-state index in [0.717, 1.165) is 18.7 Å². The second-order valence-corrected chi connectivity index (χ2v) is 5.02. The quantitative estimate of drug-likeness (QED) is 0.746. The van der Waals surface area contributed by atoms with Gasteiger partial charge < -0.3 is 10.4 Å². The molecule has 0 bridgehead atoms. The monoisotopic (exact) mass is 273 g/mol. The van der Waals surface area contributed by atoms with Gasteiger partial charge in [-0.2, -0.15) is 11.8 Å². The number of anilines is 1. The number of benzene rings is 1. The Morgan fingerprint density at radius 3 is 2.82 bits per heavy atom. The summed E-state index contributed by atoms with van der Waals surface area (Å²) >= 11 is 7.70. The summed E-state index contributed by atoms with van der Waals surface area (Å²) in [5, 5.41) is 12.3. The third-order valence-corrected chi connectivity index (χ3v) is 3.31. The number of hydrogen-bond donors (Lipinski definition) is 2. The maximum Gasteiger partial charge on any atom is 0.337 e. The summed E-state index contributed by atoms with van der Waals surface area (Å²) in [5.74, 6) is 0.168. The molecule has 1 aromatic carbocycles. The fourth-order valence-electron chi connectivity index (χ4n) is 1.40. The fraction of sp³-hybridized carbons (Fsp3) is 0.417. The first-order valence-corrected chi connectivity index (χ1v) is 7.18.